The van der Waals surface area contributed by atoms with Gasteiger partial charge in [-0.05, 0) is 0 Å². The smallest absolute Gasteiger partial charge is 0.203 e. The number of nitrogens with two attached hydrogens (primary N) is 1. The molecule has 1 atom stereocenters. The van der Waals surface area contributed by atoms with Crippen LogP contribution in [0.4, 0.5) is 5.13 Å². The van der Waals surface area contributed by atoms with Crippen LogP contribution in [0.5, 0.6) is 0 Å². The second-order valence-corrected chi connectivity index (χ2v) is 3.90. The molecule has 1 aromatic rings. The van der Waals surface area contributed by atoms with E-state index in [9.17, 15) is 8.76 Å². The van der Waals surface area contributed by atoms with Gasteiger partial charge in [-0.25, -0.2) is 0 Å². The van der Waals surface area contributed by atoms with Gasteiger partial charge in [0.25, 0.3) is 0 Å². The fourth-order valence-corrected chi connectivity index (χ4v) is 1.64. The van der Waals surface area contributed by atoms with Crippen molar-refractivity contribution < 1.29 is 8.76 Å². The first-order valence-corrected chi connectivity index (χ1v) is 4.88. The fraction of sp³-hybridized carbons (Fsp3) is 0.500. The van der Waals surface area contributed by atoms with Crippen molar-refractivity contribution in [3.8, 4) is 0 Å². The number of aryl methyl sites for hydroxylation is 1. The van der Waals surface area contributed by atoms with Crippen LogP contribution in [0.2, 0.25) is 0 Å². The minimum atomic E-state index is -2.01. The largest absolute Gasteiger partial charge is 0.772 e. The summed E-state index contributed by atoms with van der Waals surface area (Å²) in [5, 5.41) is 8.23. The second-order valence-electron chi connectivity index (χ2n) is 1.79. The van der Waals surface area contributed by atoms with Gasteiger partial charge in [-0.1, -0.05) is 22.4 Å². The zero-order valence-corrected chi connectivity index (χ0v) is 7.15. The predicted molar refractivity (Wildman–Crippen MR) is 41.8 cm³/mol. The molecule has 1 rings (SSSR count). The second kappa shape index (κ2) is 3.74. The van der Waals surface area contributed by atoms with Crippen molar-refractivity contribution in [1.29, 1.82) is 0 Å². The molecule has 1 unspecified atom stereocenters. The Labute approximate surface area is 69.9 Å². The first kappa shape index (κ1) is 8.57. The molecule has 0 aliphatic rings. The van der Waals surface area contributed by atoms with Crippen LogP contribution in [0.1, 0.15) is 5.01 Å². The monoisotopic (exact) mass is 192 g/mol. The molecular formula is C4H6N3O2S2-. The van der Waals surface area contributed by atoms with E-state index >= 15 is 0 Å². The Morgan fingerprint density at radius 2 is 2.36 bits per heavy atom. The summed E-state index contributed by atoms with van der Waals surface area (Å²) < 4.78 is 20.2. The van der Waals surface area contributed by atoms with Gasteiger partial charge >= 0.3 is 0 Å². The molecule has 0 aromatic carbocycles. The lowest BCUT2D eigenvalue weighted by Gasteiger charge is -1.99. The van der Waals surface area contributed by atoms with E-state index in [1.165, 1.54) is 11.3 Å². The van der Waals surface area contributed by atoms with E-state index in [1.807, 2.05) is 0 Å². The lowest BCUT2D eigenvalue weighted by Crippen LogP contribution is -1.98. The van der Waals surface area contributed by atoms with Gasteiger partial charge in [0.2, 0.25) is 5.13 Å². The molecule has 0 bridgehead atoms. The van der Waals surface area contributed by atoms with Crippen molar-refractivity contribution in [3.05, 3.63) is 5.01 Å². The molecule has 0 spiro atoms. The van der Waals surface area contributed by atoms with E-state index in [-0.39, 0.29) is 5.75 Å². The Bertz CT molecular complexity index is 262. The number of nitrogens with zero attached hydrogens (tertiary/aromatic N) is 2. The zero-order chi connectivity index (χ0) is 8.27. The highest BCUT2D eigenvalue weighted by Crippen LogP contribution is 2.11. The van der Waals surface area contributed by atoms with E-state index < -0.39 is 11.1 Å². The summed E-state index contributed by atoms with van der Waals surface area (Å²) in [6, 6.07) is 0. The van der Waals surface area contributed by atoms with E-state index in [4.69, 9.17) is 5.73 Å². The molecule has 1 heterocycles. The first-order valence-electron chi connectivity index (χ1n) is 2.82. The Hall–Kier alpha value is -0.530. The molecule has 0 aliphatic carbocycles. The third-order valence-electron chi connectivity index (χ3n) is 0.965. The van der Waals surface area contributed by atoms with Crippen LogP contribution in [0.25, 0.3) is 0 Å². The summed E-state index contributed by atoms with van der Waals surface area (Å²) in [4.78, 5) is 0. The number of hydrogen-bond acceptors (Lipinski definition) is 6. The number of nitrogen functional groups attached to an aromatic ring is 1. The highest BCUT2D eigenvalue weighted by Gasteiger charge is 1.99. The maximum atomic E-state index is 10.1. The quantitative estimate of drug-likeness (QED) is 0.654. The lowest BCUT2D eigenvalue weighted by atomic mass is 10.5. The standard InChI is InChI=1S/C4H7N3O2S2/c5-4-7-6-3(10-4)1-2-11(8)9/h1-2H2,(H2,5,7)(H,8,9)/p-1. The molecule has 2 N–H and O–H groups in total. The average molecular weight is 192 g/mol. The minimum Gasteiger partial charge on any atom is -0.772 e. The van der Waals surface area contributed by atoms with E-state index in [0.717, 1.165) is 0 Å². The van der Waals surface area contributed by atoms with Gasteiger partial charge in [-0.3, -0.25) is 4.21 Å². The number of anilines is 1. The summed E-state index contributed by atoms with van der Waals surface area (Å²) in [6.07, 6.45) is 0.394. The van der Waals surface area contributed by atoms with Crippen molar-refractivity contribution in [3.63, 3.8) is 0 Å². The first-order chi connectivity index (χ1) is 5.18. The fourth-order valence-electron chi connectivity index (χ4n) is 0.538. The van der Waals surface area contributed by atoms with Crippen LogP contribution >= 0.6 is 11.3 Å². The molecule has 7 heteroatoms. The molecule has 0 radical (unpaired) electrons. The Kier molecular flexibility index (Phi) is 2.92. The van der Waals surface area contributed by atoms with Crippen molar-refractivity contribution in [2.45, 2.75) is 6.42 Å². The summed E-state index contributed by atoms with van der Waals surface area (Å²) >= 11 is -0.797. The van der Waals surface area contributed by atoms with Crippen LogP contribution < -0.4 is 5.73 Å². The maximum Gasteiger partial charge on any atom is 0.203 e. The van der Waals surface area contributed by atoms with Crippen molar-refractivity contribution in [2.24, 2.45) is 0 Å². The summed E-state index contributed by atoms with van der Waals surface area (Å²) in [5.41, 5.74) is 5.28. The highest BCUT2D eigenvalue weighted by atomic mass is 32.2. The molecule has 5 nitrogen and oxygen atoms in total. The maximum absolute atomic E-state index is 10.1. The van der Waals surface area contributed by atoms with Gasteiger partial charge in [0.15, 0.2) is 0 Å². The topological polar surface area (TPSA) is 91.9 Å². The molecule has 0 amide bonds. The number of rotatable bonds is 3. The molecule has 0 saturated heterocycles. The van der Waals surface area contributed by atoms with E-state index in [1.54, 1.807) is 0 Å². The number of aromatic nitrogens is 2. The predicted octanol–water partition coefficient (Wildman–Crippen LogP) is -0.458. The van der Waals surface area contributed by atoms with Crippen LogP contribution in [0.3, 0.4) is 0 Å². The normalized spacial score (nSPS) is 13.2. The van der Waals surface area contributed by atoms with Crippen LogP contribution in [-0.4, -0.2) is 24.7 Å². The number of hydrogen-bond donors (Lipinski definition) is 1. The van der Waals surface area contributed by atoms with Gasteiger partial charge in [0, 0.05) is 12.2 Å². The van der Waals surface area contributed by atoms with E-state index in [2.05, 4.69) is 10.2 Å². The molecule has 1 aromatic heterocycles. The third-order valence-corrected chi connectivity index (χ3v) is 2.31. The molecular weight excluding hydrogens is 186 g/mol. The van der Waals surface area contributed by atoms with Crippen molar-refractivity contribution >= 4 is 27.5 Å². The SMILES string of the molecule is Nc1nnc(CCS(=O)[O-])s1. The lowest BCUT2D eigenvalue weighted by molar-refractivity contribution is 0.536. The molecule has 0 saturated carbocycles. The average Bonchev–Trinajstić information content (AvgIpc) is 2.31. The Morgan fingerprint density at radius 1 is 1.64 bits per heavy atom. The zero-order valence-electron chi connectivity index (χ0n) is 5.52. The Balaban J connectivity index is 2.45. The van der Waals surface area contributed by atoms with Crippen molar-refractivity contribution in [2.75, 3.05) is 11.5 Å². The van der Waals surface area contributed by atoms with Crippen LogP contribution in [0.15, 0.2) is 0 Å². The summed E-state index contributed by atoms with van der Waals surface area (Å²) in [7, 11) is 0. The summed E-state index contributed by atoms with van der Waals surface area (Å²) in [6.45, 7) is 0. The van der Waals surface area contributed by atoms with Gasteiger partial charge in [0.05, 0.1) is 0 Å². The summed E-state index contributed by atoms with van der Waals surface area (Å²) in [5.74, 6) is 0.0780. The molecule has 62 valence electrons. The Morgan fingerprint density at radius 3 is 2.82 bits per heavy atom. The highest BCUT2D eigenvalue weighted by molar-refractivity contribution is 7.79. The van der Waals surface area contributed by atoms with Gasteiger partial charge in [-0.2, -0.15) is 0 Å². The van der Waals surface area contributed by atoms with E-state index in [0.29, 0.717) is 16.6 Å². The molecule has 0 aliphatic heterocycles. The van der Waals surface area contributed by atoms with Gasteiger partial charge in [0.1, 0.15) is 5.01 Å². The molecule has 0 fully saturated rings. The van der Waals surface area contributed by atoms with Gasteiger partial charge < -0.3 is 10.3 Å². The molecule has 11 heavy (non-hydrogen) atoms. The van der Waals surface area contributed by atoms with Crippen LogP contribution in [0, 0.1) is 0 Å². The third kappa shape index (κ3) is 2.91. The minimum absolute atomic E-state index is 0.0780. The van der Waals surface area contributed by atoms with Crippen molar-refractivity contribution in [1.82, 2.24) is 10.2 Å². The van der Waals surface area contributed by atoms with Gasteiger partial charge in [-0.15, -0.1) is 10.2 Å². The van der Waals surface area contributed by atoms with Crippen LogP contribution in [-0.2, 0) is 17.5 Å².